The predicted molar refractivity (Wildman–Crippen MR) is 79.7 cm³/mol. The molecule has 1 aromatic carbocycles. The average Bonchev–Trinajstić information content (AvgIpc) is 2.87. The van der Waals surface area contributed by atoms with Crippen molar-refractivity contribution in [1.29, 1.82) is 0 Å². The minimum atomic E-state index is -0.475. The molecule has 2 aromatic rings. The summed E-state index contributed by atoms with van der Waals surface area (Å²) in [6.45, 7) is 0. The van der Waals surface area contributed by atoms with Gasteiger partial charge in [0, 0.05) is 0 Å². The molecule has 20 heavy (non-hydrogen) atoms. The number of rotatable bonds is 4. The van der Waals surface area contributed by atoms with Crippen LogP contribution in [0.4, 0.5) is 0 Å². The summed E-state index contributed by atoms with van der Waals surface area (Å²) in [6, 6.07) is 5.42. The van der Waals surface area contributed by atoms with E-state index in [0.29, 0.717) is 20.3 Å². The third-order valence-corrected chi connectivity index (χ3v) is 4.18. The molecule has 0 spiro atoms. The maximum Gasteiger partial charge on any atom is 0.358 e. The van der Waals surface area contributed by atoms with Crippen molar-refractivity contribution in [2.45, 2.75) is 0 Å². The van der Waals surface area contributed by atoms with Gasteiger partial charge in [-0.15, -0.1) is 11.3 Å². The van der Waals surface area contributed by atoms with Crippen molar-refractivity contribution in [3.8, 4) is 21.9 Å². The molecule has 0 saturated heterocycles. The van der Waals surface area contributed by atoms with Crippen molar-refractivity contribution in [2.75, 3.05) is 21.3 Å². The molecule has 0 aliphatic rings. The summed E-state index contributed by atoms with van der Waals surface area (Å²) in [5, 5.41) is 0. The molecular formula is C13H12BrNO4S. The van der Waals surface area contributed by atoms with Crippen molar-refractivity contribution >= 4 is 33.2 Å². The van der Waals surface area contributed by atoms with Crippen molar-refractivity contribution in [3.63, 3.8) is 0 Å². The molecule has 0 fully saturated rings. The van der Waals surface area contributed by atoms with Crippen LogP contribution in [0.25, 0.3) is 10.4 Å². The van der Waals surface area contributed by atoms with Crippen molar-refractivity contribution < 1.29 is 19.0 Å². The van der Waals surface area contributed by atoms with E-state index in [4.69, 9.17) is 14.2 Å². The molecule has 1 heterocycles. The highest BCUT2D eigenvalue weighted by Crippen LogP contribution is 2.38. The smallest absolute Gasteiger partial charge is 0.358 e. The van der Waals surface area contributed by atoms with Gasteiger partial charge in [-0.25, -0.2) is 9.78 Å². The summed E-state index contributed by atoms with van der Waals surface area (Å²) < 4.78 is 15.8. The number of ether oxygens (including phenoxy) is 3. The number of carbonyl (C=O) groups excluding carboxylic acids is 1. The molecule has 0 saturated carbocycles. The van der Waals surface area contributed by atoms with Crippen molar-refractivity contribution in [3.05, 3.63) is 27.8 Å². The quantitative estimate of drug-likeness (QED) is 0.785. The Hall–Kier alpha value is -1.60. The first-order chi connectivity index (χ1) is 9.60. The van der Waals surface area contributed by atoms with E-state index < -0.39 is 5.97 Å². The van der Waals surface area contributed by atoms with E-state index in [-0.39, 0.29) is 5.69 Å². The third-order valence-electron chi connectivity index (χ3n) is 2.63. The number of methoxy groups -OCH3 is 3. The minimum absolute atomic E-state index is 0.275. The molecule has 7 heteroatoms. The van der Waals surface area contributed by atoms with E-state index in [9.17, 15) is 4.79 Å². The van der Waals surface area contributed by atoms with Crippen molar-refractivity contribution in [1.82, 2.24) is 4.98 Å². The minimum Gasteiger partial charge on any atom is -0.493 e. The highest BCUT2D eigenvalue weighted by Gasteiger charge is 2.20. The molecule has 106 valence electrons. The standard InChI is InChI=1S/C13H12BrNO4S/c1-17-8-5-4-7(6-9(8)18-2)11-10(12(16)19-3)15-13(14)20-11/h4-6H,1-3H3. The van der Waals surface area contributed by atoms with Gasteiger partial charge in [0.25, 0.3) is 0 Å². The number of carbonyl (C=O) groups is 1. The van der Waals surface area contributed by atoms with Gasteiger partial charge in [0.2, 0.25) is 0 Å². The zero-order chi connectivity index (χ0) is 14.7. The molecule has 0 bridgehead atoms. The van der Waals surface area contributed by atoms with Crippen LogP contribution in [-0.4, -0.2) is 32.3 Å². The molecule has 1 aromatic heterocycles. The van der Waals surface area contributed by atoms with Gasteiger partial charge >= 0.3 is 5.97 Å². The SMILES string of the molecule is COC(=O)c1nc(Br)sc1-c1ccc(OC)c(OC)c1. The molecule has 0 N–H and O–H groups in total. The van der Waals surface area contributed by atoms with Crippen LogP contribution >= 0.6 is 27.3 Å². The summed E-state index contributed by atoms with van der Waals surface area (Å²) in [7, 11) is 4.46. The van der Waals surface area contributed by atoms with Crippen molar-refractivity contribution in [2.24, 2.45) is 0 Å². The first kappa shape index (κ1) is 14.8. The van der Waals surface area contributed by atoms with E-state index in [1.807, 2.05) is 6.07 Å². The number of hydrogen-bond acceptors (Lipinski definition) is 6. The lowest BCUT2D eigenvalue weighted by Gasteiger charge is -2.09. The first-order valence-electron chi connectivity index (χ1n) is 5.57. The highest BCUT2D eigenvalue weighted by atomic mass is 79.9. The largest absolute Gasteiger partial charge is 0.493 e. The number of aromatic nitrogens is 1. The summed E-state index contributed by atoms with van der Waals surface area (Å²) in [5.41, 5.74) is 1.09. The van der Waals surface area contributed by atoms with Crippen LogP contribution in [0.1, 0.15) is 10.5 Å². The molecule has 0 radical (unpaired) electrons. The summed E-state index contributed by atoms with van der Waals surface area (Å²) in [5.74, 6) is 0.738. The van der Waals surface area contributed by atoms with E-state index in [1.54, 1.807) is 26.4 Å². The molecular weight excluding hydrogens is 346 g/mol. The lowest BCUT2D eigenvalue weighted by atomic mass is 10.1. The van der Waals surface area contributed by atoms with Crippen LogP contribution in [0, 0.1) is 0 Å². The molecule has 0 aliphatic heterocycles. The predicted octanol–water partition coefficient (Wildman–Crippen LogP) is 3.38. The lowest BCUT2D eigenvalue weighted by Crippen LogP contribution is -2.03. The second-order valence-electron chi connectivity index (χ2n) is 3.71. The van der Waals surface area contributed by atoms with Gasteiger partial charge in [-0.3, -0.25) is 0 Å². The second kappa shape index (κ2) is 6.23. The fraction of sp³-hybridized carbons (Fsp3) is 0.231. The van der Waals surface area contributed by atoms with E-state index in [2.05, 4.69) is 20.9 Å². The van der Waals surface area contributed by atoms with E-state index >= 15 is 0 Å². The maximum absolute atomic E-state index is 11.7. The summed E-state index contributed by atoms with van der Waals surface area (Å²) >= 11 is 4.64. The van der Waals surface area contributed by atoms with Crippen LogP contribution in [0.2, 0.25) is 0 Å². The topological polar surface area (TPSA) is 57.7 Å². The van der Waals surface area contributed by atoms with E-state index in [0.717, 1.165) is 5.56 Å². The van der Waals surface area contributed by atoms with Gasteiger partial charge in [0.15, 0.2) is 21.1 Å². The Morgan fingerprint density at radius 1 is 1.20 bits per heavy atom. The highest BCUT2D eigenvalue weighted by molar-refractivity contribution is 9.11. The maximum atomic E-state index is 11.7. The Labute approximate surface area is 128 Å². The Balaban J connectivity index is 2.54. The van der Waals surface area contributed by atoms with Gasteiger partial charge < -0.3 is 14.2 Å². The van der Waals surface area contributed by atoms with E-state index in [1.165, 1.54) is 18.4 Å². The second-order valence-corrected chi connectivity index (χ2v) is 5.98. The van der Waals surface area contributed by atoms with Gasteiger partial charge in [0.1, 0.15) is 0 Å². The number of thiazole rings is 1. The van der Waals surface area contributed by atoms with Gasteiger partial charge in [-0.2, -0.15) is 0 Å². The molecule has 0 aliphatic carbocycles. The van der Waals surface area contributed by atoms with Gasteiger partial charge in [-0.05, 0) is 39.7 Å². The molecule has 5 nitrogen and oxygen atoms in total. The molecule has 2 rings (SSSR count). The van der Waals surface area contributed by atoms with Gasteiger partial charge in [-0.1, -0.05) is 0 Å². The van der Waals surface area contributed by atoms with Gasteiger partial charge in [0.05, 0.1) is 26.2 Å². The number of benzene rings is 1. The molecule has 0 unspecified atom stereocenters. The fourth-order valence-corrected chi connectivity index (χ4v) is 3.14. The first-order valence-corrected chi connectivity index (χ1v) is 7.18. The van der Waals surface area contributed by atoms with Crippen LogP contribution < -0.4 is 9.47 Å². The van der Waals surface area contributed by atoms with Crippen LogP contribution in [0.5, 0.6) is 11.5 Å². The Kier molecular flexibility index (Phi) is 4.61. The zero-order valence-corrected chi connectivity index (χ0v) is 13.5. The average molecular weight is 358 g/mol. The Bertz CT molecular complexity index is 641. The van der Waals surface area contributed by atoms with Crippen LogP contribution in [0.15, 0.2) is 22.1 Å². The normalized spacial score (nSPS) is 10.2. The fourth-order valence-electron chi connectivity index (χ4n) is 1.70. The number of hydrogen-bond donors (Lipinski definition) is 0. The molecule has 0 atom stereocenters. The Morgan fingerprint density at radius 3 is 2.50 bits per heavy atom. The number of esters is 1. The third kappa shape index (κ3) is 2.78. The lowest BCUT2D eigenvalue weighted by molar-refractivity contribution is 0.0595. The monoisotopic (exact) mass is 357 g/mol. The zero-order valence-electron chi connectivity index (χ0n) is 11.1. The van der Waals surface area contributed by atoms with Crippen LogP contribution in [0.3, 0.4) is 0 Å². The molecule has 0 amide bonds. The summed E-state index contributed by atoms with van der Waals surface area (Å²) in [4.78, 5) is 16.6. The number of nitrogens with zero attached hydrogens (tertiary/aromatic N) is 1. The van der Waals surface area contributed by atoms with Crippen LogP contribution in [-0.2, 0) is 4.74 Å². The number of halogens is 1. The Morgan fingerprint density at radius 2 is 1.90 bits per heavy atom. The summed E-state index contributed by atoms with van der Waals surface area (Å²) in [6.07, 6.45) is 0.